The van der Waals surface area contributed by atoms with Crippen molar-refractivity contribution >= 4 is 23.4 Å². The number of pyridine rings is 1. The van der Waals surface area contributed by atoms with E-state index < -0.39 is 5.91 Å². The van der Waals surface area contributed by atoms with Gasteiger partial charge in [-0.05, 0) is 55.3 Å². The third-order valence-corrected chi connectivity index (χ3v) is 6.06. The number of carbonyl (C=O) groups is 1. The van der Waals surface area contributed by atoms with Crippen LogP contribution in [0.1, 0.15) is 42.5 Å². The van der Waals surface area contributed by atoms with Gasteiger partial charge in [-0.15, -0.1) is 0 Å². The molecule has 1 aliphatic carbocycles. The molecule has 3 aromatic rings. The summed E-state index contributed by atoms with van der Waals surface area (Å²) in [5.74, 6) is -0.402. The van der Waals surface area contributed by atoms with Crippen LogP contribution >= 0.6 is 11.8 Å². The molecule has 0 spiro atoms. The summed E-state index contributed by atoms with van der Waals surface area (Å²) in [6.07, 6.45) is 9.83. The van der Waals surface area contributed by atoms with E-state index in [1.807, 2.05) is 48.7 Å². The smallest absolute Gasteiger partial charge is 0.250 e. The number of hydrogen-bond donors (Lipinski definition) is 2. The zero-order valence-corrected chi connectivity index (χ0v) is 16.5. The molecule has 1 aromatic carbocycles. The summed E-state index contributed by atoms with van der Waals surface area (Å²) in [5.41, 5.74) is 7.98. The number of primary amides is 1. The predicted molar refractivity (Wildman–Crippen MR) is 113 cm³/mol. The minimum atomic E-state index is -0.402. The standard InChI is InChI=1S/C22H24N4OS/c23-22(27)18-12-11-17(15-19(18)25-16-7-2-1-3-8-16)26-14-6-10-21(26)28-20-9-4-5-13-24-20/h4-6,9-16,25H,1-3,7-8H2,(H2,23,27). The van der Waals surface area contributed by atoms with Crippen LogP contribution < -0.4 is 11.1 Å². The van der Waals surface area contributed by atoms with Gasteiger partial charge in [0.1, 0.15) is 5.03 Å². The summed E-state index contributed by atoms with van der Waals surface area (Å²) < 4.78 is 2.11. The zero-order chi connectivity index (χ0) is 19.3. The molecule has 0 atom stereocenters. The molecule has 4 rings (SSSR count). The van der Waals surface area contributed by atoms with Crippen LogP contribution in [-0.4, -0.2) is 21.5 Å². The quantitative estimate of drug-likeness (QED) is 0.628. The third-order valence-electron chi connectivity index (χ3n) is 5.07. The van der Waals surface area contributed by atoms with Gasteiger partial charge in [-0.3, -0.25) is 4.79 Å². The molecular weight excluding hydrogens is 368 g/mol. The lowest BCUT2D eigenvalue weighted by Crippen LogP contribution is -2.24. The van der Waals surface area contributed by atoms with Crippen LogP contribution in [0.5, 0.6) is 0 Å². The highest BCUT2D eigenvalue weighted by atomic mass is 32.2. The number of hydrogen-bond acceptors (Lipinski definition) is 4. The van der Waals surface area contributed by atoms with Crippen molar-refractivity contribution in [2.45, 2.75) is 48.2 Å². The molecule has 0 saturated heterocycles. The zero-order valence-electron chi connectivity index (χ0n) is 15.7. The number of benzene rings is 1. The van der Waals surface area contributed by atoms with E-state index in [0.717, 1.165) is 34.3 Å². The Hall–Kier alpha value is -2.73. The lowest BCUT2D eigenvalue weighted by Gasteiger charge is -2.25. The highest BCUT2D eigenvalue weighted by molar-refractivity contribution is 7.99. The molecule has 1 aliphatic rings. The number of anilines is 1. The van der Waals surface area contributed by atoms with Crippen molar-refractivity contribution < 1.29 is 4.79 Å². The molecule has 2 heterocycles. The number of aromatic nitrogens is 2. The molecule has 0 unspecified atom stereocenters. The van der Waals surface area contributed by atoms with Gasteiger partial charge in [0.25, 0.3) is 5.91 Å². The van der Waals surface area contributed by atoms with E-state index >= 15 is 0 Å². The maximum atomic E-state index is 11.9. The van der Waals surface area contributed by atoms with Gasteiger partial charge >= 0.3 is 0 Å². The molecule has 5 nitrogen and oxygen atoms in total. The average Bonchev–Trinajstić information content (AvgIpc) is 3.17. The lowest BCUT2D eigenvalue weighted by molar-refractivity contribution is 0.100. The summed E-state index contributed by atoms with van der Waals surface area (Å²) in [6, 6.07) is 16.1. The molecule has 28 heavy (non-hydrogen) atoms. The lowest BCUT2D eigenvalue weighted by atomic mass is 9.95. The summed E-state index contributed by atoms with van der Waals surface area (Å²) in [4.78, 5) is 16.3. The van der Waals surface area contributed by atoms with Gasteiger partial charge in [0.2, 0.25) is 0 Å². The Morgan fingerprint density at radius 2 is 1.96 bits per heavy atom. The number of nitrogens with two attached hydrogens (primary N) is 1. The Morgan fingerprint density at radius 3 is 2.71 bits per heavy atom. The molecule has 1 amide bonds. The van der Waals surface area contributed by atoms with Gasteiger partial charge in [-0.2, -0.15) is 0 Å². The molecule has 2 aromatic heterocycles. The van der Waals surface area contributed by atoms with Crippen LogP contribution in [0.4, 0.5) is 5.69 Å². The van der Waals surface area contributed by atoms with E-state index in [2.05, 4.69) is 20.9 Å². The Bertz CT molecular complexity index is 948. The summed E-state index contributed by atoms with van der Waals surface area (Å²) >= 11 is 1.61. The molecular formula is C22H24N4OS. The van der Waals surface area contributed by atoms with Crippen LogP contribution in [-0.2, 0) is 0 Å². The van der Waals surface area contributed by atoms with Crippen molar-refractivity contribution in [3.63, 3.8) is 0 Å². The number of nitrogens with zero attached hydrogens (tertiary/aromatic N) is 2. The van der Waals surface area contributed by atoms with E-state index in [0.29, 0.717) is 11.6 Å². The van der Waals surface area contributed by atoms with Crippen LogP contribution in [0.3, 0.4) is 0 Å². The minimum absolute atomic E-state index is 0.397. The molecule has 0 bridgehead atoms. The monoisotopic (exact) mass is 392 g/mol. The van der Waals surface area contributed by atoms with Crippen molar-refractivity contribution in [1.29, 1.82) is 0 Å². The topological polar surface area (TPSA) is 72.9 Å². The molecule has 0 radical (unpaired) electrons. The first-order chi connectivity index (χ1) is 13.7. The van der Waals surface area contributed by atoms with E-state index in [1.54, 1.807) is 18.0 Å². The first kappa shape index (κ1) is 18.6. The van der Waals surface area contributed by atoms with Gasteiger partial charge in [-0.25, -0.2) is 4.98 Å². The predicted octanol–water partition coefficient (Wildman–Crippen LogP) is 4.87. The first-order valence-corrected chi connectivity index (χ1v) is 10.5. The van der Waals surface area contributed by atoms with Crippen LogP contribution in [0.25, 0.3) is 5.69 Å². The van der Waals surface area contributed by atoms with Gasteiger partial charge in [0.15, 0.2) is 0 Å². The van der Waals surface area contributed by atoms with Crippen LogP contribution in [0.2, 0.25) is 0 Å². The molecule has 3 N–H and O–H groups in total. The molecule has 144 valence electrons. The number of nitrogens with one attached hydrogen (secondary N) is 1. The maximum Gasteiger partial charge on any atom is 0.250 e. The van der Waals surface area contributed by atoms with Gasteiger partial charge in [0.05, 0.1) is 10.6 Å². The Morgan fingerprint density at radius 1 is 1.11 bits per heavy atom. The average molecular weight is 393 g/mol. The van der Waals surface area contributed by atoms with Gasteiger partial charge < -0.3 is 15.6 Å². The first-order valence-electron chi connectivity index (χ1n) is 9.68. The van der Waals surface area contributed by atoms with Gasteiger partial charge in [-0.1, -0.05) is 37.1 Å². The largest absolute Gasteiger partial charge is 0.382 e. The van der Waals surface area contributed by atoms with Crippen molar-refractivity contribution in [1.82, 2.24) is 9.55 Å². The van der Waals surface area contributed by atoms with Crippen molar-refractivity contribution in [3.8, 4) is 5.69 Å². The molecule has 1 saturated carbocycles. The Labute approximate surface area is 169 Å². The van der Waals surface area contributed by atoms with Crippen molar-refractivity contribution in [3.05, 3.63) is 66.5 Å². The number of amides is 1. The fraction of sp³-hybridized carbons (Fsp3) is 0.273. The number of rotatable bonds is 6. The van der Waals surface area contributed by atoms with Crippen molar-refractivity contribution in [2.75, 3.05) is 5.32 Å². The minimum Gasteiger partial charge on any atom is -0.382 e. The molecule has 6 heteroatoms. The SMILES string of the molecule is NC(=O)c1ccc(-n2cccc2Sc2ccccn2)cc1NC1CCCCC1. The van der Waals surface area contributed by atoms with E-state index in [1.165, 1.54) is 19.3 Å². The normalized spacial score (nSPS) is 14.7. The highest BCUT2D eigenvalue weighted by Crippen LogP contribution is 2.31. The highest BCUT2D eigenvalue weighted by Gasteiger charge is 2.17. The fourth-order valence-corrected chi connectivity index (χ4v) is 4.55. The van der Waals surface area contributed by atoms with Crippen molar-refractivity contribution in [2.24, 2.45) is 5.73 Å². The summed E-state index contributed by atoms with van der Waals surface area (Å²) in [7, 11) is 0. The molecule has 1 fully saturated rings. The summed E-state index contributed by atoms with van der Waals surface area (Å²) in [6.45, 7) is 0. The van der Waals surface area contributed by atoms with Crippen LogP contribution in [0, 0.1) is 0 Å². The fourth-order valence-electron chi connectivity index (χ4n) is 3.66. The van der Waals surface area contributed by atoms with E-state index in [9.17, 15) is 4.79 Å². The van der Waals surface area contributed by atoms with E-state index in [4.69, 9.17) is 5.73 Å². The van der Waals surface area contributed by atoms with Gasteiger partial charge in [0, 0.05) is 29.8 Å². The number of carbonyl (C=O) groups excluding carboxylic acids is 1. The van der Waals surface area contributed by atoms with Crippen LogP contribution in [0.15, 0.2) is 71.0 Å². The van der Waals surface area contributed by atoms with E-state index in [-0.39, 0.29) is 0 Å². The maximum absolute atomic E-state index is 11.9. The molecule has 0 aliphatic heterocycles. The third kappa shape index (κ3) is 4.22. The Kier molecular flexibility index (Phi) is 5.67. The second-order valence-corrected chi connectivity index (χ2v) is 8.10. The Balaban J connectivity index is 1.64. The summed E-state index contributed by atoms with van der Waals surface area (Å²) in [5, 5.41) is 5.57. The second-order valence-electron chi connectivity index (χ2n) is 7.06. The second kappa shape index (κ2) is 8.52.